The summed E-state index contributed by atoms with van der Waals surface area (Å²) in [7, 11) is 1.79. The number of hydrogen-bond acceptors (Lipinski definition) is 4. The first-order valence-corrected chi connectivity index (χ1v) is 8.57. The molecule has 114 valence electrons. The van der Waals surface area contributed by atoms with E-state index in [4.69, 9.17) is 4.84 Å². The molecule has 2 heterocycles. The number of hydrogen-bond donors (Lipinski definition) is 0. The molecule has 0 fully saturated rings. The lowest BCUT2D eigenvalue weighted by Gasteiger charge is -2.19. The van der Waals surface area contributed by atoms with Crippen molar-refractivity contribution in [2.45, 2.75) is 19.1 Å². The number of benzene rings is 1. The van der Waals surface area contributed by atoms with Crippen LogP contribution in [-0.4, -0.2) is 29.7 Å². The number of carbonyl (C=O) groups excluding carboxylic acids is 1. The Morgan fingerprint density at radius 2 is 2.23 bits per heavy atom. The Balaban J connectivity index is 1.60. The number of carbonyl (C=O) groups is 1. The van der Waals surface area contributed by atoms with Gasteiger partial charge in [-0.05, 0) is 27.6 Å². The second-order valence-electron chi connectivity index (χ2n) is 5.13. The van der Waals surface area contributed by atoms with Crippen LogP contribution in [0.4, 0.5) is 0 Å². The van der Waals surface area contributed by atoms with Gasteiger partial charge >= 0.3 is 0 Å². The predicted molar refractivity (Wildman–Crippen MR) is 91.0 cm³/mol. The lowest BCUT2D eigenvalue weighted by Crippen LogP contribution is -2.36. The van der Waals surface area contributed by atoms with Gasteiger partial charge in [0.2, 0.25) is 6.10 Å². The van der Waals surface area contributed by atoms with Gasteiger partial charge in [0.05, 0.1) is 12.3 Å². The SMILES string of the molecule is CN(Cc1cc(Br)cs1)C(=O)C1CC(c2ccccc2)=NO1. The van der Waals surface area contributed by atoms with Crippen molar-refractivity contribution >= 4 is 38.9 Å². The number of halogens is 1. The van der Waals surface area contributed by atoms with E-state index in [2.05, 4.69) is 21.1 Å². The van der Waals surface area contributed by atoms with Gasteiger partial charge in [-0.2, -0.15) is 0 Å². The van der Waals surface area contributed by atoms with E-state index in [1.165, 1.54) is 0 Å². The minimum absolute atomic E-state index is 0.0424. The molecule has 1 aromatic carbocycles. The van der Waals surface area contributed by atoms with E-state index in [-0.39, 0.29) is 5.91 Å². The molecule has 1 aliphatic heterocycles. The fourth-order valence-electron chi connectivity index (χ4n) is 2.31. The first-order valence-electron chi connectivity index (χ1n) is 6.89. The van der Waals surface area contributed by atoms with Crippen molar-refractivity contribution in [3.05, 3.63) is 56.7 Å². The third-order valence-electron chi connectivity index (χ3n) is 3.44. The molecule has 0 N–H and O–H groups in total. The van der Waals surface area contributed by atoms with Crippen molar-refractivity contribution in [3.8, 4) is 0 Å². The van der Waals surface area contributed by atoms with Gasteiger partial charge in [-0.25, -0.2) is 0 Å². The average molecular weight is 379 g/mol. The van der Waals surface area contributed by atoms with E-state index >= 15 is 0 Å². The van der Waals surface area contributed by atoms with Crippen LogP contribution in [0.2, 0.25) is 0 Å². The van der Waals surface area contributed by atoms with Crippen molar-refractivity contribution in [1.82, 2.24) is 4.90 Å². The molecule has 6 heteroatoms. The lowest BCUT2D eigenvalue weighted by atomic mass is 10.0. The fraction of sp³-hybridized carbons (Fsp3) is 0.250. The Bertz CT molecular complexity index is 699. The number of oxime groups is 1. The summed E-state index contributed by atoms with van der Waals surface area (Å²) in [6.07, 6.45) is -0.00924. The number of thiophene rings is 1. The summed E-state index contributed by atoms with van der Waals surface area (Å²) in [5.74, 6) is -0.0424. The van der Waals surface area contributed by atoms with E-state index in [1.54, 1.807) is 23.3 Å². The summed E-state index contributed by atoms with van der Waals surface area (Å²) in [5.41, 5.74) is 1.83. The predicted octanol–water partition coefficient (Wildman–Crippen LogP) is 3.66. The third-order valence-corrected chi connectivity index (χ3v) is 5.12. The maximum absolute atomic E-state index is 12.5. The van der Waals surface area contributed by atoms with Crippen molar-refractivity contribution in [1.29, 1.82) is 0 Å². The van der Waals surface area contributed by atoms with Crippen LogP contribution in [0, 0.1) is 0 Å². The van der Waals surface area contributed by atoms with Crippen LogP contribution >= 0.6 is 27.3 Å². The first kappa shape index (κ1) is 15.2. The molecule has 1 unspecified atom stereocenters. The van der Waals surface area contributed by atoms with Crippen LogP contribution in [0.25, 0.3) is 0 Å². The van der Waals surface area contributed by atoms with Crippen molar-refractivity contribution in [3.63, 3.8) is 0 Å². The van der Waals surface area contributed by atoms with Crippen LogP contribution in [0.5, 0.6) is 0 Å². The normalized spacial score (nSPS) is 17.0. The lowest BCUT2D eigenvalue weighted by molar-refractivity contribution is -0.141. The first-order chi connectivity index (χ1) is 10.6. The zero-order valence-corrected chi connectivity index (χ0v) is 14.4. The highest BCUT2D eigenvalue weighted by molar-refractivity contribution is 9.10. The Morgan fingerprint density at radius 1 is 1.45 bits per heavy atom. The van der Waals surface area contributed by atoms with Crippen LogP contribution < -0.4 is 0 Å². The van der Waals surface area contributed by atoms with Gasteiger partial charge in [0.25, 0.3) is 5.91 Å². The Morgan fingerprint density at radius 3 is 2.91 bits per heavy atom. The van der Waals surface area contributed by atoms with Gasteiger partial charge < -0.3 is 9.74 Å². The summed E-state index contributed by atoms with van der Waals surface area (Å²) in [4.78, 5) is 20.6. The van der Waals surface area contributed by atoms with Crippen LogP contribution in [-0.2, 0) is 16.2 Å². The summed E-state index contributed by atoms with van der Waals surface area (Å²) >= 11 is 5.05. The number of likely N-dealkylation sites (N-methyl/N-ethyl adjacent to an activating group) is 1. The molecule has 0 bridgehead atoms. The summed E-state index contributed by atoms with van der Waals surface area (Å²) in [6.45, 7) is 0.579. The van der Waals surface area contributed by atoms with Gasteiger partial charge in [-0.3, -0.25) is 4.79 Å². The van der Waals surface area contributed by atoms with Crippen molar-refractivity contribution in [2.24, 2.45) is 5.16 Å². The number of rotatable bonds is 4. The third kappa shape index (κ3) is 3.39. The average Bonchev–Trinajstić information content (AvgIpc) is 3.17. The van der Waals surface area contributed by atoms with Gasteiger partial charge in [-0.15, -0.1) is 11.3 Å². The molecule has 3 rings (SSSR count). The van der Waals surface area contributed by atoms with E-state index < -0.39 is 6.10 Å². The molecule has 0 radical (unpaired) electrons. The van der Waals surface area contributed by atoms with E-state index in [0.29, 0.717) is 13.0 Å². The van der Waals surface area contributed by atoms with Crippen molar-refractivity contribution in [2.75, 3.05) is 7.05 Å². The summed E-state index contributed by atoms with van der Waals surface area (Å²) in [5, 5.41) is 6.08. The molecule has 0 saturated heterocycles. The second kappa shape index (κ2) is 6.62. The quantitative estimate of drug-likeness (QED) is 0.814. The van der Waals surface area contributed by atoms with Gasteiger partial charge in [-0.1, -0.05) is 35.5 Å². The molecule has 1 aliphatic rings. The largest absolute Gasteiger partial charge is 0.382 e. The number of nitrogens with zero attached hydrogens (tertiary/aromatic N) is 2. The van der Waals surface area contributed by atoms with E-state index in [1.807, 2.05) is 41.8 Å². The molecule has 0 aliphatic carbocycles. The van der Waals surface area contributed by atoms with E-state index in [0.717, 1.165) is 20.6 Å². The highest BCUT2D eigenvalue weighted by Crippen LogP contribution is 2.22. The maximum Gasteiger partial charge on any atom is 0.266 e. The molecule has 1 amide bonds. The van der Waals surface area contributed by atoms with Crippen LogP contribution in [0.1, 0.15) is 16.9 Å². The van der Waals surface area contributed by atoms with Crippen LogP contribution in [0.15, 0.2) is 51.4 Å². The zero-order chi connectivity index (χ0) is 15.5. The maximum atomic E-state index is 12.5. The molecule has 4 nitrogen and oxygen atoms in total. The molecule has 2 aromatic rings. The zero-order valence-electron chi connectivity index (χ0n) is 12.0. The van der Waals surface area contributed by atoms with Crippen LogP contribution in [0.3, 0.4) is 0 Å². The van der Waals surface area contributed by atoms with Gasteiger partial charge in [0.15, 0.2) is 0 Å². The van der Waals surface area contributed by atoms with Crippen molar-refractivity contribution < 1.29 is 9.63 Å². The standard InChI is InChI=1S/C16H15BrN2O2S/c1-19(9-13-7-12(17)10-22-13)16(20)15-8-14(18-21-15)11-5-3-2-4-6-11/h2-7,10,15H,8-9H2,1H3. The topological polar surface area (TPSA) is 41.9 Å². The fourth-order valence-corrected chi connectivity index (χ4v) is 3.81. The Kier molecular flexibility index (Phi) is 4.59. The summed E-state index contributed by atoms with van der Waals surface area (Å²) in [6, 6.07) is 11.8. The minimum Gasteiger partial charge on any atom is -0.382 e. The number of amides is 1. The van der Waals surface area contributed by atoms with Gasteiger partial charge in [0, 0.05) is 28.2 Å². The minimum atomic E-state index is -0.524. The van der Waals surface area contributed by atoms with E-state index in [9.17, 15) is 4.79 Å². The second-order valence-corrected chi connectivity index (χ2v) is 7.04. The molecule has 22 heavy (non-hydrogen) atoms. The summed E-state index contributed by atoms with van der Waals surface area (Å²) < 4.78 is 1.04. The molecular weight excluding hydrogens is 364 g/mol. The molecular formula is C16H15BrN2O2S. The Labute approximate surface area is 141 Å². The Hall–Kier alpha value is -1.66. The molecule has 1 aromatic heterocycles. The monoisotopic (exact) mass is 378 g/mol. The highest BCUT2D eigenvalue weighted by Gasteiger charge is 2.31. The molecule has 1 atom stereocenters. The molecule has 0 spiro atoms. The smallest absolute Gasteiger partial charge is 0.266 e. The molecule has 0 saturated carbocycles. The van der Waals surface area contributed by atoms with Gasteiger partial charge in [0.1, 0.15) is 0 Å². The highest BCUT2D eigenvalue weighted by atomic mass is 79.9.